The van der Waals surface area contributed by atoms with E-state index >= 15 is 0 Å². The van der Waals surface area contributed by atoms with Crippen molar-refractivity contribution in [2.75, 3.05) is 5.32 Å². The van der Waals surface area contributed by atoms with Gasteiger partial charge in [-0.1, -0.05) is 17.7 Å². The number of aromatic hydroxyl groups is 1. The van der Waals surface area contributed by atoms with Crippen molar-refractivity contribution in [2.45, 2.75) is 0 Å². The number of carbonyl (C=O) groups excluding carboxylic acids is 1. The molecule has 3 rings (SSSR count). The summed E-state index contributed by atoms with van der Waals surface area (Å²) in [7, 11) is 0. The Morgan fingerprint density at radius 3 is 2.38 bits per heavy atom. The Morgan fingerprint density at radius 1 is 0.923 bits per heavy atom. The van der Waals surface area contributed by atoms with E-state index in [1.807, 2.05) is 0 Å². The lowest BCUT2D eigenvalue weighted by Crippen LogP contribution is -2.12. The predicted octanol–water partition coefficient (Wildman–Crippen LogP) is 5.38. The van der Waals surface area contributed by atoms with Gasteiger partial charge in [-0.05, 0) is 48.0 Å². The first-order chi connectivity index (χ1) is 12.3. The third kappa shape index (κ3) is 3.65. The van der Waals surface area contributed by atoms with Gasteiger partial charge in [-0.15, -0.1) is 0 Å². The van der Waals surface area contributed by atoms with Crippen LogP contribution in [0.1, 0.15) is 10.4 Å². The molecule has 3 aromatic rings. The fourth-order valence-corrected chi connectivity index (χ4v) is 2.56. The standard InChI is InChI=1S/C19H11ClF3NO2/c20-15-9-12(3-5-16(15)22)24-19(26)14-7-10(1-6-18(14)25)13-4-2-11(21)8-17(13)23/h1-9,25H,(H,24,26). The average Bonchev–Trinajstić information content (AvgIpc) is 2.59. The van der Waals surface area contributed by atoms with Crippen LogP contribution in [0.5, 0.6) is 5.75 Å². The topological polar surface area (TPSA) is 49.3 Å². The molecule has 26 heavy (non-hydrogen) atoms. The molecule has 0 saturated carbocycles. The summed E-state index contributed by atoms with van der Waals surface area (Å²) in [5.74, 6) is -3.19. The molecule has 0 aliphatic rings. The molecule has 1 amide bonds. The van der Waals surface area contributed by atoms with E-state index in [9.17, 15) is 23.1 Å². The van der Waals surface area contributed by atoms with E-state index in [0.29, 0.717) is 0 Å². The van der Waals surface area contributed by atoms with Gasteiger partial charge in [0.25, 0.3) is 5.91 Å². The molecule has 0 fully saturated rings. The Morgan fingerprint density at radius 2 is 1.69 bits per heavy atom. The maximum Gasteiger partial charge on any atom is 0.259 e. The van der Waals surface area contributed by atoms with Crippen LogP contribution < -0.4 is 5.32 Å². The number of hydrogen-bond donors (Lipinski definition) is 2. The number of phenolic OH excluding ortho intramolecular Hbond substituents is 1. The minimum Gasteiger partial charge on any atom is -0.507 e. The van der Waals surface area contributed by atoms with E-state index in [-0.39, 0.29) is 33.1 Å². The molecule has 0 spiro atoms. The van der Waals surface area contributed by atoms with Gasteiger partial charge >= 0.3 is 0 Å². The number of phenols is 1. The van der Waals surface area contributed by atoms with Gasteiger partial charge in [-0.25, -0.2) is 13.2 Å². The van der Waals surface area contributed by atoms with Gasteiger partial charge in [0.15, 0.2) is 0 Å². The summed E-state index contributed by atoms with van der Waals surface area (Å²) < 4.78 is 40.2. The molecular formula is C19H11ClF3NO2. The molecule has 3 aromatic carbocycles. The van der Waals surface area contributed by atoms with Crippen LogP contribution >= 0.6 is 11.6 Å². The van der Waals surface area contributed by atoms with E-state index < -0.39 is 23.4 Å². The van der Waals surface area contributed by atoms with Crippen molar-refractivity contribution in [1.29, 1.82) is 0 Å². The number of halogens is 4. The largest absolute Gasteiger partial charge is 0.507 e. The zero-order valence-electron chi connectivity index (χ0n) is 13.1. The first-order valence-corrected chi connectivity index (χ1v) is 7.78. The lowest BCUT2D eigenvalue weighted by molar-refractivity contribution is 0.102. The second-order valence-corrected chi connectivity index (χ2v) is 5.85. The number of rotatable bonds is 3. The van der Waals surface area contributed by atoms with Crippen LogP contribution in [0.2, 0.25) is 5.02 Å². The van der Waals surface area contributed by atoms with Crippen LogP contribution in [0, 0.1) is 17.5 Å². The number of nitrogens with one attached hydrogen (secondary N) is 1. The van der Waals surface area contributed by atoms with Gasteiger partial charge in [0.1, 0.15) is 23.2 Å². The summed E-state index contributed by atoms with van der Waals surface area (Å²) in [5.41, 5.74) is 0.443. The Kier molecular flexibility index (Phi) is 4.86. The molecule has 3 nitrogen and oxygen atoms in total. The molecule has 7 heteroatoms. The highest BCUT2D eigenvalue weighted by Gasteiger charge is 2.15. The van der Waals surface area contributed by atoms with Crippen LogP contribution in [0.4, 0.5) is 18.9 Å². The fourth-order valence-electron chi connectivity index (χ4n) is 2.38. The second-order valence-electron chi connectivity index (χ2n) is 5.44. The Hall–Kier alpha value is -2.99. The molecule has 0 aliphatic heterocycles. The summed E-state index contributed by atoms with van der Waals surface area (Å²) in [4.78, 5) is 12.4. The molecule has 132 valence electrons. The molecule has 0 unspecified atom stereocenters. The lowest BCUT2D eigenvalue weighted by atomic mass is 10.0. The third-order valence-corrected chi connectivity index (χ3v) is 3.95. The van der Waals surface area contributed by atoms with Gasteiger partial charge in [0, 0.05) is 17.3 Å². The molecule has 2 N–H and O–H groups in total. The zero-order valence-corrected chi connectivity index (χ0v) is 13.8. The SMILES string of the molecule is O=C(Nc1ccc(F)c(Cl)c1)c1cc(-c2ccc(F)cc2F)ccc1O. The van der Waals surface area contributed by atoms with Gasteiger partial charge < -0.3 is 10.4 Å². The highest BCUT2D eigenvalue weighted by Crippen LogP contribution is 2.29. The van der Waals surface area contributed by atoms with E-state index in [4.69, 9.17) is 11.6 Å². The summed E-state index contributed by atoms with van der Waals surface area (Å²) in [6.45, 7) is 0. The minimum atomic E-state index is -0.799. The monoisotopic (exact) mass is 377 g/mol. The average molecular weight is 378 g/mol. The Balaban J connectivity index is 1.94. The lowest BCUT2D eigenvalue weighted by Gasteiger charge is -2.10. The normalized spacial score (nSPS) is 10.6. The quantitative estimate of drug-likeness (QED) is 0.643. The van der Waals surface area contributed by atoms with Crippen LogP contribution in [0.15, 0.2) is 54.6 Å². The van der Waals surface area contributed by atoms with Crippen molar-refractivity contribution < 1.29 is 23.1 Å². The van der Waals surface area contributed by atoms with E-state index in [0.717, 1.165) is 18.2 Å². The molecule has 0 heterocycles. The fraction of sp³-hybridized carbons (Fsp3) is 0. The van der Waals surface area contributed by atoms with Crippen LogP contribution in [0.3, 0.4) is 0 Å². The summed E-state index contributed by atoms with van der Waals surface area (Å²) in [6, 6.07) is 10.6. The van der Waals surface area contributed by atoms with Gasteiger partial charge in [-0.3, -0.25) is 4.79 Å². The number of carbonyl (C=O) groups is 1. The highest BCUT2D eigenvalue weighted by molar-refractivity contribution is 6.31. The summed E-state index contributed by atoms with van der Waals surface area (Å²) >= 11 is 5.66. The van der Waals surface area contributed by atoms with Crippen molar-refractivity contribution in [3.8, 4) is 16.9 Å². The van der Waals surface area contributed by atoms with Crippen molar-refractivity contribution in [2.24, 2.45) is 0 Å². The number of benzene rings is 3. The Labute approximate surface area is 151 Å². The van der Waals surface area contributed by atoms with Gasteiger partial charge in [-0.2, -0.15) is 0 Å². The molecule has 0 bridgehead atoms. The predicted molar refractivity (Wildman–Crippen MR) is 92.8 cm³/mol. The summed E-state index contributed by atoms with van der Waals surface area (Å²) in [5, 5.41) is 12.2. The van der Waals surface area contributed by atoms with Crippen molar-refractivity contribution in [3.63, 3.8) is 0 Å². The van der Waals surface area contributed by atoms with Crippen LogP contribution in [-0.2, 0) is 0 Å². The van der Waals surface area contributed by atoms with E-state index in [2.05, 4.69) is 5.32 Å². The minimum absolute atomic E-state index is 0.0743. The van der Waals surface area contributed by atoms with Crippen molar-refractivity contribution in [1.82, 2.24) is 0 Å². The molecule has 0 atom stereocenters. The number of hydrogen-bond acceptors (Lipinski definition) is 2. The Bertz CT molecular complexity index is 1010. The zero-order chi connectivity index (χ0) is 18.8. The van der Waals surface area contributed by atoms with Crippen LogP contribution in [-0.4, -0.2) is 11.0 Å². The van der Waals surface area contributed by atoms with Gasteiger partial charge in [0.2, 0.25) is 0 Å². The number of amides is 1. The van der Waals surface area contributed by atoms with Crippen molar-refractivity contribution in [3.05, 3.63) is 82.6 Å². The first-order valence-electron chi connectivity index (χ1n) is 7.40. The van der Waals surface area contributed by atoms with E-state index in [1.165, 1.54) is 36.4 Å². The highest BCUT2D eigenvalue weighted by atomic mass is 35.5. The summed E-state index contributed by atoms with van der Waals surface area (Å²) in [6.07, 6.45) is 0. The molecule has 0 aromatic heterocycles. The van der Waals surface area contributed by atoms with Crippen molar-refractivity contribution >= 4 is 23.2 Å². The van der Waals surface area contributed by atoms with Crippen LogP contribution in [0.25, 0.3) is 11.1 Å². The molecule has 0 aliphatic carbocycles. The molecule has 0 radical (unpaired) electrons. The number of anilines is 1. The second kappa shape index (κ2) is 7.09. The molecular weight excluding hydrogens is 367 g/mol. The third-order valence-electron chi connectivity index (χ3n) is 3.66. The molecule has 0 saturated heterocycles. The van der Waals surface area contributed by atoms with E-state index in [1.54, 1.807) is 0 Å². The first kappa shape index (κ1) is 17.8. The van der Waals surface area contributed by atoms with Gasteiger partial charge in [0.05, 0.1) is 10.6 Å². The maximum absolute atomic E-state index is 13.9. The smallest absolute Gasteiger partial charge is 0.259 e. The maximum atomic E-state index is 13.9.